The summed E-state index contributed by atoms with van der Waals surface area (Å²) in [5, 5.41) is 7.57. The lowest BCUT2D eigenvalue weighted by atomic mass is 10.1. The van der Waals surface area contributed by atoms with Gasteiger partial charge in [-0.1, -0.05) is 127 Å². The number of imidazole rings is 1. The van der Waals surface area contributed by atoms with Crippen molar-refractivity contribution in [3.05, 3.63) is 219 Å². The van der Waals surface area contributed by atoms with Crippen LogP contribution in [0, 0.1) is 0 Å². The summed E-state index contributed by atoms with van der Waals surface area (Å²) in [5.41, 5.74) is 9.51. The molecule has 11 aromatic rings. The largest absolute Gasteiger partial charge is 0.457 e. The maximum absolute atomic E-state index is 6.69. The standard InChI is InChI=1S/C55H39N5OSi/c1-58-48-30-12-11-29-47(48)57-54(58)38-18-15-22-41(34-38)61-42-23-16-21-40(35-42)60-50-37-53-51(36-46(50)45-28-17-33-56-55(45)60)59(39-19-5-2-6-20-39)49-31-13-14-32-52(49)62(53,43-24-7-3-8-25-43)44-26-9-4-10-27-44/h2-37H,1H3. The minimum absolute atomic E-state index is 0.731. The lowest BCUT2D eigenvalue weighted by Gasteiger charge is -2.45. The van der Waals surface area contributed by atoms with Crippen LogP contribution in [-0.2, 0) is 7.05 Å². The van der Waals surface area contributed by atoms with E-state index in [1.165, 1.54) is 32.1 Å². The molecule has 0 amide bonds. The molecule has 0 N–H and O–H groups in total. The zero-order valence-corrected chi connectivity index (χ0v) is 34.9. The number of aryl methyl sites for hydroxylation is 1. The van der Waals surface area contributed by atoms with Crippen molar-refractivity contribution in [2.75, 3.05) is 4.90 Å². The van der Waals surface area contributed by atoms with Crippen molar-refractivity contribution in [1.29, 1.82) is 0 Å². The van der Waals surface area contributed by atoms with Gasteiger partial charge in [0.2, 0.25) is 0 Å². The smallest absolute Gasteiger partial charge is 0.184 e. The second-order valence-corrected chi connectivity index (χ2v) is 19.6. The van der Waals surface area contributed by atoms with Crippen molar-refractivity contribution >= 4 is 78.9 Å². The number of anilines is 3. The van der Waals surface area contributed by atoms with Crippen molar-refractivity contribution in [2.45, 2.75) is 0 Å². The molecular weight excluding hydrogens is 775 g/mol. The third-order valence-electron chi connectivity index (χ3n) is 12.5. The quantitative estimate of drug-likeness (QED) is 0.150. The molecule has 8 aromatic carbocycles. The highest BCUT2D eigenvalue weighted by Gasteiger charge is 2.49. The molecule has 12 rings (SSSR count). The number of hydrogen-bond acceptors (Lipinski definition) is 4. The first-order valence-corrected chi connectivity index (χ1v) is 23.0. The van der Waals surface area contributed by atoms with Crippen LogP contribution in [0.3, 0.4) is 0 Å². The van der Waals surface area contributed by atoms with E-state index in [2.05, 4.69) is 191 Å². The van der Waals surface area contributed by atoms with Crippen molar-refractivity contribution in [1.82, 2.24) is 19.1 Å². The number of nitrogens with zero attached hydrogens (tertiary/aromatic N) is 5. The molecule has 0 fully saturated rings. The van der Waals surface area contributed by atoms with Crippen LogP contribution in [0.2, 0.25) is 0 Å². The summed E-state index contributed by atoms with van der Waals surface area (Å²) in [6.07, 6.45) is 1.89. The highest BCUT2D eigenvalue weighted by atomic mass is 28.3. The molecule has 3 aromatic heterocycles. The number of hydrogen-bond donors (Lipinski definition) is 0. The average molecular weight is 814 g/mol. The number of benzene rings is 8. The van der Waals surface area contributed by atoms with Crippen molar-refractivity contribution in [3.8, 4) is 28.6 Å². The van der Waals surface area contributed by atoms with E-state index in [9.17, 15) is 0 Å². The van der Waals surface area contributed by atoms with E-state index in [-0.39, 0.29) is 0 Å². The average Bonchev–Trinajstić information content (AvgIpc) is 3.85. The van der Waals surface area contributed by atoms with Gasteiger partial charge in [0, 0.05) is 52.7 Å². The monoisotopic (exact) mass is 813 g/mol. The molecule has 62 heavy (non-hydrogen) atoms. The third kappa shape index (κ3) is 5.49. The zero-order valence-electron chi connectivity index (χ0n) is 33.9. The Balaban J connectivity index is 1.08. The number of fused-ring (bicyclic) bond motifs is 6. The Kier molecular flexibility index (Phi) is 8.30. The third-order valence-corrected chi connectivity index (χ3v) is 17.3. The fraction of sp³-hybridized carbons (Fsp3) is 0.0182. The van der Waals surface area contributed by atoms with Gasteiger partial charge < -0.3 is 14.2 Å². The van der Waals surface area contributed by atoms with Crippen molar-refractivity contribution in [3.63, 3.8) is 0 Å². The molecule has 0 radical (unpaired) electrons. The van der Waals surface area contributed by atoms with Gasteiger partial charge in [0.15, 0.2) is 8.07 Å². The molecule has 0 aliphatic carbocycles. The fourth-order valence-electron chi connectivity index (χ4n) is 9.83. The topological polar surface area (TPSA) is 48.1 Å². The Morgan fingerprint density at radius 2 is 1.15 bits per heavy atom. The normalized spacial score (nSPS) is 13.0. The number of aromatic nitrogens is 4. The van der Waals surface area contributed by atoms with Gasteiger partial charge in [-0.25, -0.2) is 9.97 Å². The van der Waals surface area contributed by atoms with Crippen LogP contribution < -0.4 is 30.4 Å². The Morgan fingerprint density at radius 3 is 1.92 bits per heavy atom. The molecule has 0 bridgehead atoms. The van der Waals surface area contributed by atoms with Crippen molar-refractivity contribution in [2.24, 2.45) is 7.05 Å². The van der Waals surface area contributed by atoms with Crippen LogP contribution in [0.5, 0.6) is 11.5 Å². The lowest BCUT2D eigenvalue weighted by Crippen LogP contribution is -2.77. The predicted octanol–water partition coefficient (Wildman–Crippen LogP) is 10.7. The van der Waals surface area contributed by atoms with E-state index in [0.29, 0.717) is 0 Å². The summed E-state index contributed by atoms with van der Waals surface area (Å²) in [7, 11) is -0.900. The van der Waals surface area contributed by atoms with Crippen LogP contribution in [0.25, 0.3) is 50.0 Å². The Labute approximate surface area is 360 Å². The molecule has 0 saturated carbocycles. The van der Waals surface area contributed by atoms with E-state index in [1.807, 2.05) is 48.7 Å². The first-order valence-electron chi connectivity index (χ1n) is 21.0. The van der Waals surface area contributed by atoms with Gasteiger partial charge in [-0.2, -0.15) is 0 Å². The molecule has 4 heterocycles. The summed E-state index contributed by atoms with van der Waals surface area (Å²) in [5.74, 6) is 2.36. The maximum Gasteiger partial charge on any atom is 0.184 e. The molecule has 7 heteroatoms. The van der Waals surface area contributed by atoms with Gasteiger partial charge in [0.25, 0.3) is 0 Å². The Hall–Kier alpha value is -8.00. The van der Waals surface area contributed by atoms with E-state index in [1.54, 1.807) is 0 Å². The summed E-state index contributed by atoms with van der Waals surface area (Å²) in [6.45, 7) is 0. The minimum Gasteiger partial charge on any atom is -0.457 e. The summed E-state index contributed by atoms with van der Waals surface area (Å²) < 4.78 is 11.1. The number of pyridine rings is 1. The molecule has 6 nitrogen and oxygen atoms in total. The molecular formula is C55H39N5OSi. The molecule has 0 saturated heterocycles. The van der Waals surface area contributed by atoms with Crippen LogP contribution in [0.4, 0.5) is 17.1 Å². The SMILES string of the molecule is Cn1c(-c2cccc(Oc3cccc(-n4c5cc6c(cc5c5cccnc54)N(c4ccccc4)c4ccccc4[Si]6(c4ccccc4)c4ccccc4)c3)c2)nc2ccccc21. The van der Waals surface area contributed by atoms with E-state index < -0.39 is 8.07 Å². The molecule has 1 aliphatic heterocycles. The van der Waals surface area contributed by atoms with Gasteiger partial charge in [-0.3, -0.25) is 4.57 Å². The fourth-order valence-corrected chi connectivity index (χ4v) is 14.9. The predicted molar refractivity (Wildman–Crippen MR) is 257 cm³/mol. The van der Waals surface area contributed by atoms with Gasteiger partial charge in [-0.05, 0) is 99.6 Å². The van der Waals surface area contributed by atoms with Gasteiger partial charge >= 0.3 is 0 Å². The van der Waals surface area contributed by atoms with Crippen LogP contribution in [0.15, 0.2) is 219 Å². The lowest BCUT2D eigenvalue weighted by molar-refractivity contribution is 0.482. The first-order chi connectivity index (χ1) is 30.7. The number of ether oxygens (including phenoxy) is 1. The van der Waals surface area contributed by atoms with Crippen LogP contribution >= 0.6 is 0 Å². The first kappa shape index (κ1) is 35.9. The van der Waals surface area contributed by atoms with Crippen LogP contribution in [0.1, 0.15) is 0 Å². The minimum atomic E-state index is -2.96. The number of para-hydroxylation sites is 4. The molecule has 0 unspecified atom stereocenters. The Bertz CT molecular complexity index is 3430. The summed E-state index contributed by atoms with van der Waals surface area (Å²) in [4.78, 5) is 12.5. The number of rotatable bonds is 7. The zero-order chi connectivity index (χ0) is 41.2. The second-order valence-electron chi connectivity index (χ2n) is 15.9. The highest BCUT2D eigenvalue weighted by molar-refractivity contribution is 7.21. The summed E-state index contributed by atoms with van der Waals surface area (Å²) in [6, 6.07) is 76.1. The second kappa shape index (κ2) is 14.3. The molecule has 0 atom stereocenters. The maximum atomic E-state index is 6.69. The molecule has 0 spiro atoms. The van der Waals surface area contributed by atoms with Gasteiger partial charge in [0.1, 0.15) is 23.0 Å². The van der Waals surface area contributed by atoms with Gasteiger partial charge in [-0.15, -0.1) is 0 Å². The Morgan fingerprint density at radius 1 is 0.484 bits per heavy atom. The van der Waals surface area contributed by atoms with Gasteiger partial charge in [0.05, 0.1) is 22.2 Å². The molecule has 1 aliphatic rings. The highest BCUT2D eigenvalue weighted by Crippen LogP contribution is 2.42. The van der Waals surface area contributed by atoms with E-state index >= 15 is 0 Å². The van der Waals surface area contributed by atoms with Crippen molar-refractivity contribution < 1.29 is 4.74 Å². The van der Waals surface area contributed by atoms with E-state index in [4.69, 9.17) is 14.7 Å². The summed E-state index contributed by atoms with van der Waals surface area (Å²) >= 11 is 0. The van der Waals surface area contributed by atoms with Crippen LogP contribution in [-0.4, -0.2) is 27.2 Å². The molecule has 294 valence electrons. The van der Waals surface area contributed by atoms with E-state index in [0.717, 1.165) is 67.2 Å².